The molecule has 126 valence electrons. The van der Waals surface area contributed by atoms with Crippen molar-refractivity contribution in [1.29, 1.82) is 0 Å². The zero-order valence-corrected chi connectivity index (χ0v) is 14.3. The van der Waals surface area contributed by atoms with Gasteiger partial charge in [0.2, 0.25) is 0 Å². The van der Waals surface area contributed by atoms with E-state index < -0.39 is 0 Å². The molecule has 0 aliphatic heterocycles. The van der Waals surface area contributed by atoms with Crippen LogP contribution in [0.3, 0.4) is 0 Å². The number of hydrogen-bond donors (Lipinski definition) is 1. The minimum atomic E-state index is -0.363. The van der Waals surface area contributed by atoms with Crippen molar-refractivity contribution in [1.82, 2.24) is 4.90 Å². The summed E-state index contributed by atoms with van der Waals surface area (Å²) in [5.41, 5.74) is 0.797. The fourth-order valence-electron chi connectivity index (χ4n) is 3.32. The Morgan fingerprint density at radius 3 is 2.73 bits per heavy atom. The van der Waals surface area contributed by atoms with E-state index >= 15 is 0 Å². The first-order valence-corrected chi connectivity index (χ1v) is 8.85. The summed E-state index contributed by atoms with van der Waals surface area (Å²) in [6.45, 7) is 6.88. The summed E-state index contributed by atoms with van der Waals surface area (Å²) in [4.78, 5) is 14.3. The summed E-state index contributed by atoms with van der Waals surface area (Å²) in [6.07, 6.45) is 8.56. The van der Waals surface area contributed by atoms with E-state index in [2.05, 4.69) is 11.8 Å². The first-order valence-electron chi connectivity index (χ1n) is 8.85. The summed E-state index contributed by atoms with van der Waals surface area (Å²) in [5, 5.41) is 10.6. The van der Waals surface area contributed by atoms with Crippen LogP contribution in [0.15, 0.2) is 11.6 Å². The average molecular weight is 309 g/mol. The summed E-state index contributed by atoms with van der Waals surface area (Å²) in [5.74, 6) is 0.203. The van der Waals surface area contributed by atoms with Gasteiger partial charge in [-0.1, -0.05) is 13.0 Å². The minimum absolute atomic E-state index is 0.0747. The summed E-state index contributed by atoms with van der Waals surface area (Å²) in [7, 11) is 0. The van der Waals surface area contributed by atoms with Gasteiger partial charge in [0.25, 0.3) is 0 Å². The number of aliphatic hydroxyl groups excluding tert-OH is 1. The van der Waals surface area contributed by atoms with Crippen molar-refractivity contribution < 1.29 is 14.6 Å². The molecule has 4 heteroatoms. The highest BCUT2D eigenvalue weighted by Crippen LogP contribution is 2.33. The first kappa shape index (κ1) is 17.5. The van der Waals surface area contributed by atoms with Gasteiger partial charge in [-0.2, -0.15) is 0 Å². The van der Waals surface area contributed by atoms with Gasteiger partial charge in [0.1, 0.15) is 6.23 Å². The third kappa shape index (κ3) is 5.10. The normalized spacial score (nSPS) is 23.5. The molecule has 0 spiro atoms. The third-order valence-electron chi connectivity index (χ3n) is 4.50. The highest BCUT2D eigenvalue weighted by molar-refractivity contribution is 5.88. The van der Waals surface area contributed by atoms with Crippen LogP contribution in [0.2, 0.25) is 0 Å². The maximum atomic E-state index is 12.0. The number of carbonyl (C=O) groups excluding carboxylic acids is 1. The van der Waals surface area contributed by atoms with E-state index in [9.17, 15) is 9.90 Å². The molecule has 0 heterocycles. The second kappa shape index (κ2) is 8.11. The Balaban J connectivity index is 1.85. The molecule has 22 heavy (non-hydrogen) atoms. The van der Waals surface area contributed by atoms with Crippen molar-refractivity contribution in [2.75, 3.05) is 6.54 Å². The molecule has 4 nitrogen and oxygen atoms in total. The number of ether oxygens (including phenoxy) is 1. The third-order valence-corrected chi connectivity index (χ3v) is 4.50. The monoisotopic (exact) mass is 309 g/mol. The molecule has 0 aromatic rings. The lowest BCUT2D eigenvalue weighted by Crippen LogP contribution is -2.39. The Bertz CT molecular complexity index is 401. The van der Waals surface area contributed by atoms with Gasteiger partial charge in [-0.05, 0) is 64.7 Å². The molecule has 1 fully saturated rings. The topological polar surface area (TPSA) is 49.8 Å². The van der Waals surface area contributed by atoms with Gasteiger partial charge < -0.3 is 9.84 Å². The van der Waals surface area contributed by atoms with Crippen LogP contribution in [0.1, 0.15) is 65.7 Å². The molecule has 2 rings (SSSR count). The zero-order chi connectivity index (χ0) is 16.1. The number of esters is 1. The second-order valence-corrected chi connectivity index (χ2v) is 7.02. The predicted molar refractivity (Wildman–Crippen MR) is 87.3 cm³/mol. The standard InChI is InChI=1S/C18H31NO3/c1-4-10-19(16-8-9-16)17(20)12-14-6-5-7-15(11-14)18(21)22-13(2)3/h7,13-14,16-17,20H,4-6,8-12H2,1-3H3. The second-order valence-electron chi connectivity index (χ2n) is 7.02. The highest BCUT2D eigenvalue weighted by Gasteiger charge is 2.34. The van der Waals surface area contributed by atoms with E-state index in [1.54, 1.807) is 0 Å². The lowest BCUT2D eigenvalue weighted by Gasteiger charge is -2.31. The van der Waals surface area contributed by atoms with Gasteiger partial charge in [-0.3, -0.25) is 4.90 Å². The van der Waals surface area contributed by atoms with Crippen molar-refractivity contribution in [2.24, 2.45) is 5.92 Å². The van der Waals surface area contributed by atoms with E-state index in [-0.39, 0.29) is 18.3 Å². The molecule has 0 aromatic carbocycles. The predicted octanol–water partition coefficient (Wildman–Crippen LogP) is 3.25. The molecule has 0 bridgehead atoms. The molecule has 0 radical (unpaired) electrons. The number of carbonyl (C=O) groups is 1. The van der Waals surface area contributed by atoms with E-state index in [1.165, 1.54) is 12.8 Å². The van der Waals surface area contributed by atoms with Crippen LogP contribution in [-0.4, -0.2) is 40.9 Å². The van der Waals surface area contributed by atoms with Gasteiger partial charge in [0.05, 0.1) is 6.10 Å². The van der Waals surface area contributed by atoms with Crippen molar-refractivity contribution >= 4 is 5.97 Å². The van der Waals surface area contributed by atoms with Crippen molar-refractivity contribution in [3.63, 3.8) is 0 Å². The number of aliphatic hydroxyl groups is 1. The van der Waals surface area contributed by atoms with Crippen LogP contribution in [0, 0.1) is 5.92 Å². The number of rotatable bonds is 8. The van der Waals surface area contributed by atoms with Gasteiger partial charge in [0.15, 0.2) is 0 Å². The molecule has 2 aliphatic rings. The van der Waals surface area contributed by atoms with Crippen molar-refractivity contribution in [3.8, 4) is 0 Å². The zero-order valence-electron chi connectivity index (χ0n) is 14.3. The Morgan fingerprint density at radius 1 is 1.41 bits per heavy atom. The van der Waals surface area contributed by atoms with E-state index in [4.69, 9.17) is 4.74 Å². The van der Waals surface area contributed by atoms with Crippen LogP contribution >= 0.6 is 0 Å². The first-order chi connectivity index (χ1) is 10.5. The van der Waals surface area contributed by atoms with Crippen LogP contribution in [0.4, 0.5) is 0 Å². The number of allylic oxidation sites excluding steroid dienone is 1. The molecule has 2 atom stereocenters. The number of nitrogens with zero attached hydrogens (tertiary/aromatic N) is 1. The Hall–Kier alpha value is -0.870. The molecule has 0 aromatic heterocycles. The number of hydrogen-bond acceptors (Lipinski definition) is 4. The molecule has 0 saturated heterocycles. The van der Waals surface area contributed by atoms with Gasteiger partial charge >= 0.3 is 5.97 Å². The fraction of sp³-hybridized carbons (Fsp3) is 0.833. The minimum Gasteiger partial charge on any atom is -0.460 e. The van der Waals surface area contributed by atoms with Crippen LogP contribution in [-0.2, 0) is 9.53 Å². The molecule has 1 saturated carbocycles. The molecule has 1 N–H and O–H groups in total. The largest absolute Gasteiger partial charge is 0.460 e. The van der Waals surface area contributed by atoms with Crippen LogP contribution in [0.5, 0.6) is 0 Å². The van der Waals surface area contributed by atoms with Gasteiger partial charge in [-0.25, -0.2) is 4.79 Å². The van der Waals surface area contributed by atoms with Gasteiger partial charge in [0, 0.05) is 18.2 Å². The van der Waals surface area contributed by atoms with E-state index in [0.717, 1.165) is 44.2 Å². The van der Waals surface area contributed by atoms with Crippen LogP contribution in [0.25, 0.3) is 0 Å². The molecular formula is C18H31NO3. The lowest BCUT2D eigenvalue weighted by molar-refractivity contribution is -0.143. The van der Waals surface area contributed by atoms with Crippen molar-refractivity contribution in [2.45, 2.75) is 84.1 Å². The van der Waals surface area contributed by atoms with E-state index in [1.807, 2.05) is 19.9 Å². The Labute approximate surface area is 134 Å². The quantitative estimate of drug-likeness (QED) is 0.552. The molecule has 2 aliphatic carbocycles. The van der Waals surface area contributed by atoms with Crippen molar-refractivity contribution in [3.05, 3.63) is 11.6 Å². The molecule has 2 unspecified atom stereocenters. The maximum Gasteiger partial charge on any atom is 0.333 e. The SMILES string of the molecule is CCCN(C(O)CC1CCC=C(C(=O)OC(C)C)C1)C1CC1. The average Bonchev–Trinajstić information content (AvgIpc) is 3.28. The lowest BCUT2D eigenvalue weighted by atomic mass is 9.86. The maximum absolute atomic E-state index is 12.0. The molecular weight excluding hydrogens is 278 g/mol. The summed E-state index contributed by atoms with van der Waals surface area (Å²) in [6, 6.07) is 0.583. The fourth-order valence-corrected chi connectivity index (χ4v) is 3.32. The van der Waals surface area contributed by atoms with Crippen LogP contribution < -0.4 is 0 Å². The molecule has 0 amide bonds. The summed E-state index contributed by atoms with van der Waals surface area (Å²) < 4.78 is 5.30. The Morgan fingerprint density at radius 2 is 2.14 bits per heavy atom. The van der Waals surface area contributed by atoms with E-state index in [0.29, 0.717) is 12.0 Å². The summed E-state index contributed by atoms with van der Waals surface area (Å²) >= 11 is 0. The van der Waals surface area contributed by atoms with Gasteiger partial charge in [-0.15, -0.1) is 0 Å². The smallest absolute Gasteiger partial charge is 0.333 e. The highest BCUT2D eigenvalue weighted by atomic mass is 16.5. The Kier molecular flexibility index (Phi) is 6.45.